The van der Waals surface area contributed by atoms with Crippen molar-refractivity contribution in [2.75, 3.05) is 0 Å². The van der Waals surface area contributed by atoms with Crippen LogP contribution in [0.1, 0.15) is 65.7 Å². The van der Waals surface area contributed by atoms with Crippen molar-refractivity contribution >= 4 is 17.7 Å². The summed E-state index contributed by atoms with van der Waals surface area (Å²) in [4.78, 5) is 36.8. The zero-order valence-corrected chi connectivity index (χ0v) is 18.0. The second kappa shape index (κ2) is 7.04. The van der Waals surface area contributed by atoms with E-state index in [1.54, 1.807) is 12.2 Å². The number of carboxylic acid groups (broad SMARTS) is 1. The average molecular weight is 417 g/mol. The SMILES string of the molecule is CCCC(=O)O[C@]1(C(=O)O)CC[C@H]2[C@@H]3CCC4=CC(=O)C=C[C@]4(C)[C@H]3[C@@H](O)C[C@@]21C. The number of carbonyl (C=O) groups excluding carboxylic acids is 2. The van der Waals surface area contributed by atoms with Crippen molar-refractivity contribution in [1.82, 2.24) is 0 Å². The first-order chi connectivity index (χ1) is 14.1. The maximum Gasteiger partial charge on any atom is 0.348 e. The summed E-state index contributed by atoms with van der Waals surface area (Å²) in [6.07, 6.45) is 8.08. The molecule has 30 heavy (non-hydrogen) atoms. The Labute approximate surface area is 177 Å². The van der Waals surface area contributed by atoms with Gasteiger partial charge in [-0.2, -0.15) is 0 Å². The molecular formula is C24H32O6. The van der Waals surface area contributed by atoms with E-state index in [2.05, 4.69) is 6.92 Å². The topological polar surface area (TPSA) is 101 Å². The fraction of sp³-hybridized carbons (Fsp3) is 0.708. The number of aliphatic carboxylic acids is 1. The molecule has 2 N–H and O–H groups in total. The average Bonchev–Trinajstić information content (AvgIpc) is 2.95. The minimum Gasteiger partial charge on any atom is -0.478 e. The summed E-state index contributed by atoms with van der Waals surface area (Å²) in [6, 6.07) is 0. The summed E-state index contributed by atoms with van der Waals surface area (Å²) in [5.41, 5.74) is -1.75. The minimum atomic E-state index is -1.59. The first-order valence-corrected chi connectivity index (χ1v) is 11.2. The number of carboxylic acids is 1. The number of ketones is 1. The third kappa shape index (κ3) is 2.75. The number of aliphatic hydroxyl groups is 1. The number of hydrogen-bond acceptors (Lipinski definition) is 5. The molecule has 4 aliphatic rings. The van der Waals surface area contributed by atoms with Gasteiger partial charge in [-0.15, -0.1) is 0 Å². The summed E-state index contributed by atoms with van der Waals surface area (Å²) in [5.74, 6) is -1.51. The molecule has 6 heteroatoms. The van der Waals surface area contributed by atoms with Gasteiger partial charge in [-0.1, -0.05) is 32.4 Å². The van der Waals surface area contributed by atoms with Crippen LogP contribution in [0.5, 0.6) is 0 Å². The van der Waals surface area contributed by atoms with E-state index in [1.807, 2.05) is 19.9 Å². The van der Waals surface area contributed by atoms with E-state index in [9.17, 15) is 24.6 Å². The fourth-order valence-electron chi connectivity index (χ4n) is 7.33. The number of fused-ring (bicyclic) bond motifs is 5. The van der Waals surface area contributed by atoms with Gasteiger partial charge >= 0.3 is 11.9 Å². The van der Waals surface area contributed by atoms with Crippen molar-refractivity contribution in [3.05, 3.63) is 23.8 Å². The van der Waals surface area contributed by atoms with Crippen LogP contribution in [0.25, 0.3) is 0 Å². The molecule has 0 bridgehead atoms. The van der Waals surface area contributed by atoms with Gasteiger partial charge in [0.2, 0.25) is 5.60 Å². The van der Waals surface area contributed by atoms with Gasteiger partial charge < -0.3 is 14.9 Å². The Bertz CT molecular complexity index is 843. The number of carbonyl (C=O) groups is 3. The van der Waals surface area contributed by atoms with E-state index in [1.165, 1.54) is 0 Å². The van der Waals surface area contributed by atoms with Gasteiger partial charge in [-0.25, -0.2) is 4.79 Å². The summed E-state index contributed by atoms with van der Waals surface area (Å²) in [7, 11) is 0. The predicted octanol–water partition coefficient (Wildman–Crippen LogP) is 3.43. The first kappa shape index (κ1) is 21.3. The standard InChI is InChI=1S/C24H32O6/c1-4-5-19(27)30-24(21(28)29)11-9-17-16-7-6-14-12-15(25)8-10-22(14,2)20(16)18(26)13-23(17,24)3/h8,10,12,16-18,20,26H,4-7,9,11,13H2,1-3H3,(H,28,29)/t16-,17-,18-,20+,22-,23-,24-/m0/s1. The van der Waals surface area contributed by atoms with Gasteiger partial charge in [0.15, 0.2) is 5.78 Å². The van der Waals surface area contributed by atoms with Crippen LogP contribution in [-0.4, -0.2) is 39.6 Å². The maximum absolute atomic E-state index is 12.5. The molecule has 3 saturated carbocycles. The number of rotatable bonds is 4. The second-order valence-electron chi connectivity index (χ2n) is 10.1. The van der Waals surface area contributed by atoms with E-state index >= 15 is 0 Å². The highest BCUT2D eigenvalue weighted by molar-refractivity contribution is 6.01. The lowest BCUT2D eigenvalue weighted by atomic mass is 9.46. The molecule has 0 aromatic carbocycles. The highest BCUT2D eigenvalue weighted by atomic mass is 16.6. The van der Waals surface area contributed by atoms with Gasteiger partial charge in [0, 0.05) is 23.2 Å². The molecule has 0 aromatic rings. The third-order valence-corrected chi connectivity index (χ3v) is 8.70. The molecule has 4 aliphatic carbocycles. The first-order valence-electron chi connectivity index (χ1n) is 11.2. The van der Waals surface area contributed by atoms with Gasteiger partial charge in [-0.05, 0) is 62.5 Å². The van der Waals surface area contributed by atoms with Crippen molar-refractivity contribution in [3.8, 4) is 0 Å². The molecule has 0 spiro atoms. The molecular weight excluding hydrogens is 384 g/mol. The van der Waals surface area contributed by atoms with E-state index in [0.717, 1.165) is 18.4 Å². The molecule has 0 aliphatic heterocycles. The largest absolute Gasteiger partial charge is 0.478 e. The zero-order chi connectivity index (χ0) is 21.9. The van der Waals surface area contributed by atoms with Crippen molar-refractivity contribution < 1.29 is 29.3 Å². The molecule has 164 valence electrons. The molecule has 0 amide bonds. The molecule has 0 heterocycles. The quantitative estimate of drug-likeness (QED) is 0.681. The van der Waals surface area contributed by atoms with E-state index in [0.29, 0.717) is 12.8 Å². The van der Waals surface area contributed by atoms with Crippen molar-refractivity contribution in [2.45, 2.75) is 77.4 Å². The Morgan fingerprint density at radius 1 is 1.27 bits per heavy atom. The Balaban J connectivity index is 1.72. The van der Waals surface area contributed by atoms with Crippen LogP contribution < -0.4 is 0 Å². The highest BCUT2D eigenvalue weighted by Gasteiger charge is 2.71. The lowest BCUT2D eigenvalue weighted by Gasteiger charge is -2.59. The number of aliphatic hydroxyl groups excluding tert-OH is 1. The summed E-state index contributed by atoms with van der Waals surface area (Å²) < 4.78 is 5.73. The number of esters is 1. The smallest absolute Gasteiger partial charge is 0.348 e. The molecule has 0 unspecified atom stereocenters. The molecule has 0 saturated heterocycles. The Kier molecular flexibility index (Phi) is 5.00. The zero-order valence-electron chi connectivity index (χ0n) is 18.0. The predicted molar refractivity (Wildman–Crippen MR) is 109 cm³/mol. The number of allylic oxidation sites excluding steroid dienone is 4. The van der Waals surface area contributed by atoms with E-state index in [-0.39, 0.29) is 42.8 Å². The monoisotopic (exact) mass is 416 g/mol. The van der Waals surface area contributed by atoms with Crippen LogP contribution in [0.3, 0.4) is 0 Å². The normalized spacial score (nSPS) is 44.5. The number of hydrogen-bond donors (Lipinski definition) is 2. The highest BCUT2D eigenvalue weighted by Crippen LogP contribution is 2.67. The molecule has 6 nitrogen and oxygen atoms in total. The van der Waals surface area contributed by atoms with E-state index in [4.69, 9.17) is 4.74 Å². The Hall–Kier alpha value is -1.95. The lowest BCUT2D eigenvalue weighted by molar-refractivity contribution is -0.209. The van der Waals surface area contributed by atoms with Crippen LogP contribution in [0.15, 0.2) is 23.8 Å². The van der Waals surface area contributed by atoms with Gasteiger partial charge in [-0.3, -0.25) is 9.59 Å². The van der Waals surface area contributed by atoms with E-state index < -0.39 is 34.5 Å². The van der Waals surface area contributed by atoms with Crippen molar-refractivity contribution in [2.24, 2.45) is 28.6 Å². The van der Waals surface area contributed by atoms with Crippen LogP contribution in [0.2, 0.25) is 0 Å². The van der Waals surface area contributed by atoms with Crippen LogP contribution in [0.4, 0.5) is 0 Å². The molecule has 3 fully saturated rings. The van der Waals surface area contributed by atoms with Crippen molar-refractivity contribution in [1.29, 1.82) is 0 Å². The molecule has 4 rings (SSSR count). The fourth-order valence-corrected chi connectivity index (χ4v) is 7.33. The van der Waals surface area contributed by atoms with Crippen molar-refractivity contribution in [3.63, 3.8) is 0 Å². The van der Waals surface area contributed by atoms with Gasteiger partial charge in [0.1, 0.15) is 0 Å². The third-order valence-electron chi connectivity index (χ3n) is 8.70. The number of ether oxygens (including phenoxy) is 1. The summed E-state index contributed by atoms with van der Waals surface area (Å²) in [6.45, 7) is 5.84. The summed E-state index contributed by atoms with van der Waals surface area (Å²) in [5, 5.41) is 21.6. The van der Waals surface area contributed by atoms with Crippen LogP contribution in [0, 0.1) is 28.6 Å². The lowest BCUT2D eigenvalue weighted by Crippen LogP contribution is -2.62. The van der Waals surface area contributed by atoms with Gasteiger partial charge in [0.25, 0.3) is 0 Å². The Morgan fingerprint density at radius 2 is 2.00 bits per heavy atom. The second-order valence-corrected chi connectivity index (χ2v) is 10.1. The molecule has 0 radical (unpaired) electrons. The van der Waals surface area contributed by atoms with Gasteiger partial charge in [0.05, 0.1) is 6.10 Å². The van der Waals surface area contributed by atoms with Crippen LogP contribution in [-0.2, 0) is 19.1 Å². The van der Waals surface area contributed by atoms with Crippen LogP contribution >= 0.6 is 0 Å². The Morgan fingerprint density at radius 3 is 2.67 bits per heavy atom. The molecule has 0 aromatic heterocycles. The maximum atomic E-state index is 12.5. The molecule has 7 atom stereocenters. The summed E-state index contributed by atoms with van der Waals surface area (Å²) >= 11 is 0. The minimum absolute atomic E-state index is 0.00957.